The summed E-state index contributed by atoms with van der Waals surface area (Å²) in [4.78, 5) is 22.8. The first-order valence-electron chi connectivity index (χ1n) is 11.1. The Morgan fingerprint density at radius 3 is 2.65 bits per heavy atom. The van der Waals surface area contributed by atoms with Crippen molar-refractivity contribution in [3.05, 3.63) is 83.7 Å². The van der Waals surface area contributed by atoms with Crippen LogP contribution >= 0.6 is 0 Å². The number of aliphatic imine (C=N–C) groups is 1. The van der Waals surface area contributed by atoms with Crippen LogP contribution in [0.15, 0.2) is 66.1 Å². The molecule has 1 aliphatic heterocycles. The zero-order chi connectivity index (χ0) is 24.1. The van der Waals surface area contributed by atoms with Crippen LogP contribution in [0.25, 0.3) is 11.8 Å². The number of aromatic nitrogens is 2. The summed E-state index contributed by atoms with van der Waals surface area (Å²) in [6, 6.07) is 12.2. The number of imidazole rings is 1. The lowest BCUT2D eigenvalue weighted by Gasteiger charge is -2.36. The highest BCUT2D eigenvalue weighted by Gasteiger charge is 2.43. The molecule has 8 heteroatoms. The van der Waals surface area contributed by atoms with E-state index in [1.165, 1.54) is 12.1 Å². The standard InChI is InChI=1S/C26H28FN5O2/c1-19-15-31(17-30-19)23-10-4-20(14-24(23)34-3)5-11-25-29-16-26(12-13-28-2,32(25)18-33)21-6-8-22(27)9-7-21/h4-11,14-15,17-18,28H,12-13,16H2,1-3H3/b11-5+. The van der Waals surface area contributed by atoms with Crippen molar-refractivity contribution in [2.45, 2.75) is 18.9 Å². The highest BCUT2D eigenvalue weighted by atomic mass is 19.1. The minimum Gasteiger partial charge on any atom is -0.495 e. The Bertz CT molecular complexity index is 1220. The first-order chi connectivity index (χ1) is 16.5. The molecule has 1 aromatic heterocycles. The topological polar surface area (TPSA) is 71.8 Å². The molecule has 34 heavy (non-hydrogen) atoms. The zero-order valence-electron chi connectivity index (χ0n) is 19.5. The molecule has 1 aliphatic rings. The number of rotatable bonds is 9. The molecule has 1 atom stereocenters. The first kappa shape index (κ1) is 23.4. The number of aryl methyl sites for hydroxylation is 1. The lowest BCUT2D eigenvalue weighted by atomic mass is 9.85. The summed E-state index contributed by atoms with van der Waals surface area (Å²) >= 11 is 0. The van der Waals surface area contributed by atoms with Crippen molar-refractivity contribution in [1.29, 1.82) is 0 Å². The fraction of sp³-hybridized carbons (Fsp3) is 0.269. The van der Waals surface area contributed by atoms with Gasteiger partial charge in [-0.2, -0.15) is 0 Å². The number of hydrogen-bond donors (Lipinski definition) is 1. The summed E-state index contributed by atoms with van der Waals surface area (Å²) in [5, 5.41) is 3.14. The molecular formula is C26H28FN5O2. The molecule has 0 bridgehead atoms. The van der Waals surface area contributed by atoms with Gasteiger partial charge in [0, 0.05) is 6.20 Å². The SMILES string of the molecule is CNCCC1(c2ccc(F)cc2)CN=C(/C=C/c2ccc(-n3cnc(C)c3)c(OC)c2)N1C=O. The molecule has 0 saturated carbocycles. The van der Waals surface area contributed by atoms with Gasteiger partial charge in [-0.3, -0.25) is 14.7 Å². The molecule has 4 rings (SSSR count). The summed E-state index contributed by atoms with van der Waals surface area (Å²) in [6.07, 6.45) is 8.86. The number of nitrogens with one attached hydrogen (secondary N) is 1. The molecule has 0 spiro atoms. The first-order valence-corrected chi connectivity index (χ1v) is 11.1. The van der Waals surface area contributed by atoms with Crippen LogP contribution in [0.1, 0.15) is 23.2 Å². The van der Waals surface area contributed by atoms with Crippen LogP contribution in [0.4, 0.5) is 4.39 Å². The van der Waals surface area contributed by atoms with Gasteiger partial charge in [-0.1, -0.05) is 24.3 Å². The second-order valence-electron chi connectivity index (χ2n) is 8.23. The van der Waals surface area contributed by atoms with E-state index in [1.54, 1.807) is 30.5 Å². The van der Waals surface area contributed by atoms with Gasteiger partial charge in [-0.15, -0.1) is 0 Å². The molecule has 0 aliphatic carbocycles. The van der Waals surface area contributed by atoms with Crippen LogP contribution in [0.3, 0.4) is 0 Å². The van der Waals surface area contributed by atoms with E-state index in [-0.39, 0.29) is 5.82 Å². The Morgan fingerprint density at radius 1 is 1.21 bits per heavy atom. The maximum atomic E-state index is 13.6. The monoisotopic (exact) mass is 461 g/mol. The van der Waals surface area contributed by atoms with Gasteiger partial charge in [0.05, 0.1) is 36.9 Å². The zero-order valence-corrected chi connectivity index (χ0v) is 19.5. The Balaban J connectivity index is 1.61. The Labute approximate surface area is 198 Å². The van der Waals surface area contributed by atoms with Gasteiger partial charge in [0.1, 0.15) is 17.4 Å². The van der Waals surface area contributed by atoms with Crippen LogP contribution in [0.2, 0.25) is 0 Å². The number of amides is 1. The molecule has 1 N–H and O–H groups in total. The maximum absolute atomic E-state index is 13.6. The quantitative estimate of drug-likeness (QED) is 0.493. The van der Waals surface area contributed by atoms with E-state index in [1.807, 2.05) is 55.1 Å². The van der Waals surface area contributed by atoms with Crippen LogP contribution in [-0.2, 0) is 10.3 Å². The van der Waals surface area contributed by atoms with Gasteiger partial charge in [-0.05, 0) is 68.4 Å². The normalized spacial score (nSPS) is 17.9. The van der Waals surface area contributed by atoms with Gasteiger partial charge >= 0.3 is 0 Å². The van der Waals surface area contributed by atoms with E-state index in [4.69, 9.17) is 4.74 Å². The van der Waals surface area contributed by atoms with Crippen molar-refractivity contribution in [2.24, 2.45) is 4.99 Å². The molecule has 1 amide bonds. The predicted octanol–water partition coefficient (Wildman–Crippen LogP) is 3.72. The molecule has 2 aromatic carbocycles. The Morgan fingerprint density at radius 2 is 2.00 bits per heavy atom. The number of hydrogen-bond acceptors (Lipinski definition) is 5. The predicted molar refractivity (Wildman–Crippen MR) is 131 cm³/mol. The van der Waals surface area contributed by atoms with E-state index in [9.17, 15) is 9.18 Å². The second kappa shape index (κ2) is 10.0. The lowest BCUT2D eigenvalue weighted by molar-refractivity contribution is -0.118. The minimum atomic E-state index is -0.668. The summed E-state index contributed by atoms with van der Waals surface area (Å²) in [5.74, 6) is 0.950. The number of ether oxygens (including phenoxy) is 1. The number of carbonyl (C=O) groups is 1. The number of nitrogens with zero attached hydrogens (tertiary/aromatic N) is 4. The number of halogens is 1. The number of benzene rings is 2. The number of carbonyl (C=O) groups excluding carboxylic acids is 1. The Kier molecular flexibility index (Phi) is 6.88. The molecule has 0 saturated heterocycles. The van der Waals surface area contributed by atoms with Crippen LogP contribution in [-0.4, -0.2) is 53.9 Å². The van der Waals surface area contributed by atoms with E-state index in [2.05, 4.69) is 15.3 Å². The van der Waals surface area contributed by atoms with E-state index >= 15 is 0 Å². The van der Waals surface area contributed by atoms with Crippen LogP contribution in [0.5, 0.6) is 5.75 Å². The fourth-order valence-electron chi connectivity index (χ4n) is 4.27. The van der Waals surface area contributed by atoms with E-state index in [0.717, 1.165) is 28.9 Å². The molecule has 0 radical (unpaired) electrons. The van der Waals surface area contributed by atoms with Gasteiger partial charge in [0.25, 0.3) is 0 Å². The van der Waals surface area contributed by atoms with E-state index in [0.29, 0.717) is 31.1 Å². The number of methoxy groups -OCH3 is 1. The smallest absolute Gasteiger partial charge is 0.216 e. The third-order valence-electron chi connectivity index (χ3n) is 6.10. The van der Waals surface area contributed by atoms with E-state index < -0.39 is 5.54 Å². The summed E-state index contributed by atoms with van der Waals surface area (Å²) in [5.41, 5.74) is 2.89. The lowest BCUT2D eigenvalue weighted by Crippen LogP contribution is -2.47. The number of amidine groups is 1. The molecule has 1 unspecified atom stereocenters. The highest BCUT2D eigenvalue weighted by molar-refractivity contribution is 6.04. The van der Waals surface area contributed by atoms with Gasteiger partial charge in [-0.25, -0.2) is 9.37 Å². The van der Waals surface area contributed by atoms with Gasteiger partial charge < -0.3 is 14.6 Å². The van der Waals surface area contributed by atoms with Gasteiger partial charge in [0.15, 0.2) is 0 Å². The van der Waals surface area contributed by atoms with Crippen molar-refractivity contribution >= 4 is 18.3 Å². The molecular weight excluding hydrogens is 433 g/mol. The highest BCUT2D eigenvalue weighted by Crippen LogP contribution is 2.36. The van der Waals surface area contributed by atoms with Crippen LogP contribution < -0.4 is 10.1 Å². The van der Waals surface area contributed by atoms with Gasteiger partial charge in [0.2, 0.25) is 6.41 Å². The minimum absolute atomic E-state index is 0.313. The largest absolute Gasteiger partial charge is 0.495 e. The Hall–Kier alpha value is -3.78. The summed E-state index contributed by atoms with van der Waals surface area (Å²) < 4.78 is 21.1. The third-order valence-corrected chi connectivity index (χ3v) is 6.10. The van der Waals surface area contributed by atoms with Crippen molar-refractivity contribution in [3.63, 3.8) is 0 Å². The van der Waals surface area contributed by atoms with Crippen molar-refractivity contribution in [2.75, 3.05) is 27.2 Å². The van der Waals surface area contributed by atoms with Crippen molar-refractivity contribution < 1.29 is 13.9 Å². The van der Waals surface area contributed by atoms with Crippen molar-refractivity contribution in [3.8, 4) is 11.4 Å². The average molecular weight is 462 g/mol. The second-order valence-corrected chi connectivity index (χ2v) is 8.23. The van der Waals surface area contributed by atoms with Crippen LogP contribution in [0, 0.1) is 12.7 Å². The molecule has 2 heterocycles. The molecule has 3 aromatic rings. The van der Waals surface area contributed by atoms with Crippen molar-refractivity contribution in [1.82, 2.24) is 19.8 Å². The third kappa shape index (κ3) is 4.49. The summed E-state index contributed by atoms with van der Waals surface area (Å²) in [6.45, 7) is 3.02. The average Bonchev–Trinajstić information content (AvgIpc) is 3.45. The fourth-order valence-corrected chi connectivity index (χ4v) is 4.27. The molecule has 7 nitrogen and oxygen atoms in total. The molecule has 0 fully saturated rings. The maximum Gasteiger partial charge on any atom is 0.216 e. The molecule has 176 valence electrons. The summed E-state index contributed by atoms with van der Waals surface area (Å²) in [7, 11) is 3.49.